The zero-order valence-corrected chi connectivity index (χ0v) is 17.6. The van der Waals surface area contributed by atoms with E-state index >= 15 is 0 Å². The summed E-state index contributed by atoms with van der Waals surface area (Å²) in [4.78, 5) is 19.2. The number of benzene rings is 1. The highest BCUT2D eigenvalue weighted by Gasteiger charge is 2.18. The first-order chi connectivity index (χ1) is 14.2. The normalized spacial score (nSPS) is 12.0. The van der Waals surface area contributed by atoms with Crippen molar-refractivity contribution < 1.29 is 9.18 Å². The molecule has 29 heavy (non-hydrogen) atoms. The molecule has 0 aliphatic carbocycles. The van der Waals surface area contributed by atoms with Gasteiger partial charge in [0, 0.05) is 16.2 Å². The molecule has 0 aliphatic heterocycles. The van der Waals surface area contributed by atoms with Gasteiger partial charge in [0.2, 0.25) is 11.1 Å². The van der Waals surface area contributed by atoms with Crippen LogP contribution in [0.2, 0.25) is 0 Å². The second-order valence-electron chi connectivity index (χ2n) is 6.18. The third-order valence-electron chi connectivity index (χ3n) is 4.10. The quantitative estimate of drug-likeness (QED) is 0.388. The Morgan fingerprint density at radius 2 is 1.93 bits per heavy atom. The molecule has 1 atom stereocenters. The SMILES string of the molecule is O=C(CSc1n[nH]c(Cc2cccs2)n1)NC(c1ccc(F)cc1)c1cccs1. The monoisotopic (exact) mass is 444 g/mol. The van der Waals surface area contributed by atoms with Crippen LogP contribution in [0.3, 0.4) is 0 Å². The Morgan fingerprint density at radius 1 is 1.14 bits per heavy atom. The number of hydrogen-bond acceptors (Lipinski definition) is 6. The summed E-state index contributed by atoms with van der Waals surface area (Å²) in [6, 6.07) is 13.8. The Labute approximate surface area is 179 Å². The van der Waals surface area contributed by atoms with Gasteiger partial charge in [0.05, 0.1) is 11.8 Å². The second kappa shape index (κ2) is 9.34. The van der Waals surface area contributed by atoms with Crippen LogP contribution in [0.1, 0.15) is 27.2 Å². The Bertz CT molecular complexity index is 1050. The molecule has 0 saturated heterocycles. The summed E-state index contributed by atoms with van der Waals surface area (Å²) in [5.41, 5.74) is 0.836. The summed E-state index contributed by atoms with van der Waals surface area (Å²) in [5.74, 6) is 0.531. The maximum absolute atomic E-state index is 13.3. The van der Waals surface area contributed by atoms with E-state index < -0.39 is 0 Å². The first-order valence-electron chi connectivity index (χ1n) is 8.82. The minimum Gasteiger partial charge on any atom is -0.344 e. The number of aromatic amines is 1. The van der Waals surface area contributed by atoms with E-state index in [0.717, 1.165) is 16.3 Å². The third-order valence-corrected chi connectivity index (χ3v) is 6.76. The molecule has 0 saturated carbocycles. The number of carbonyl (C=O) groups is 1. The largest absolute Gasteiger partial charge is 0.344 e. The average molecular weight is 445 g/mol. The van der Waals surface area contributed by atoms with Crippen molar-refractivity contribution in [2.75, 3.05) is 5.75 Å². The van der Waals surface area contributed by atoms with Crippen molar-refractivity contribution in [2.24, 2.45) is 0 Å². The first-order valence-corrected chi connectivity index (χ1v) is 11.6. The topological polar surface area (TPSA) is 70.7 Å². The van der Waals surface area contributed by atoms with E-state index in [1.807, 2.05) is 35.0 Å². The molecule has 5 nitrogen and oxygen atoms in total. The standard InChI is InChI=1S/C20H17FN4OS3/c21-14-7-5-13(6-8-14)19(16-4-2-10-28-16)23-18(26)12-29-20-22-17(24-25-20)11-15-3-1-9-27-15/h1-10,19H,11-12H2,(H,23,26)(H,22,24,25). The number of amides is 1. The van der Waals surface area contributed by atoms with E-state index in [0.29, 0.717) is 11.6 Å². The van der Waals surface area contributed by atoms with Gasteiger partial charge >= 0.3 is 0 Å². The highest BCUT2D eigenvalue weighted by atomic mass is 32.2. The molecule has 2 N–H and O–H groups in total. The van der Waals surface area contributed by atoms with Crippen molar-refractivity contribution in [3.63, 3.8) is 0 Å². The van der Waals surface area contributed by atoms with Gasteiger partial charge in [0.1, 0.15) is 11.6 Å². The summed E-state index contributed by atoms with van der Waals surface area (Å²) >= 11 is 4.50. The highest BCUT2D eigenvalue weighted by molar-refractivity contribution is 7.99. The Balaban J connectivity index is 1.37. The predicted octanol–water partition coefficient (Wildman–Crippen LogP) is 4.66. The van der Waals surface area contributed by atoms with Crippen LogP contribution in [0.5, 0.6) is 0 Å². The number of nitrogens with zero attached hydrogens (tertiary/aromatic N) is 2. The molecule has 0 fully saturated rings. The molecule has 1 amide bonds. The minimum atomic E-state index is -0.315. The van der Waals surface area contributed by atoms with Crippen molar-refractivity contribution in [2.45, 2.75) is 17.6 Å². The van der Waals surface area contributed by atoms with Gasteiger partial charge in [-0.05, 0) is 40.6 Å². The number of hydrogen-bond donors (Lipinski definition) is 2. The van der Waals surface area contributed by atoms with E-state index in [1.54, 1.807) is 34.8 Å². The van der Waals surface area contributed by atoms with E-state index in [-0.39, 0.29) is 23.5 Å². The summed E-state index contributed by atoms with van der Waals surface area (Å²) in [6.45, 7) is 0. The van der Waals surface area contributed by atoms with Gasteiger partial charge in [-0.15, -0.1) is 27.8 Å². The van der Waals surface area contributed by atoms with Crippen LogP contribution in [-0.4, -0.2) is 26.8 Å². The third kappa shape index (κ3) is 5.31. The summed E-state index contributed by atoms with van der Waals surface area (Å²) in [6.07, 6.45) is 0.697. The highest BCUT2D eigenvalue weighted by Crippen LogP contribution is 2.26. The lowest BCUT2D eigenvalue weighted by Crippen LogP contribution is -2.30. The first kappa shape index (κ1) is 19.8. The number of rotatable bonds is 8. The van der Waals surface area contributed by atoms with Crippen molar-refractivity contribution in [3.05, 3.63) is 86.3 Å². The second-order valence-corrected chi connectivity index (χ2v) is 9.13. The van der Waals surface area contributed by atoms with E-state index in [2.05, 4.69) is 20.5 Å². The molecule has 4 rings (SSSR count). The molecule has 0 radical (unpaired) electrons. The fourth-order valence-corrected chi connectivity index (χ4v) is 4.90. The van der Waals surface area contributed by atoms with Crippen molar-refractivity contribution in [1.29, 1.82) is 0 Å². The molecule has 3 heterocycles. The van der Waals surface area contributed by atoms with Gasteiger partial charge in [-0.25, -0.2) is 9.37 Å². The number of thioether (sulfide) groups is 1. The molecule has 0 spiro atoms. The lowest BCUT2D eigenvalue weighted by atomic mass is 10.1. The number of thiophene rings is 2. The lowest BCUT2D eigenvalue weighted by Gasteiger charge is -2.18. The van der Waals surface area contributed by atoms with Crippen LogP contribution >= 0.6 is 34.4 Å². The molecule has 0 aliphatic rings. The predicted molar refractivity (Wildman–Crippen MR) is 115 cm³/mol. The van der Waals surface area contributed by atoms with Crippen LogP contribution in [0.4, 0.5) is 4.39 Å². The fourth-order valence-electron chi connectivity index (χ4n) is 2.76. The summed E-state index contributed by atoms with van der Waals surface area (Å²) in [7, 11) is 0. The molecule has 1 unspecified atom stereocenters. The molecular formula is C20H17FN4OS3. The molecule has 4 aromatic rings. The van der Waals surface area contributed by atoms with E-state index in [9.17, 15) is 9.18 Å². The van der Waals surface area contributed by atoms with Gasteiger partial charge in [-0.1, -0.05) is 36.0 Å². The van der Waals surface area contributed by atoms with Crippen LogP contribution in [0.25, 0.3) is 0 Å². The van der Waals surface area contributed by atoms with Crippen molar-refractivity contribution in [3.8, 4) is 0 Å². The van der Waals surface area contributed by atoms with Gasteiger partial charge in [-0.2, -0.15) is 0 Å². The van der Waals surface area contributed by atoms with Gasteiger partial charge in [-0.3, -0.25) is 9.89 Å². The molecule has 3 aromatic heterocycles. The fraction of sp³-hybridized carbons (Fsp3) is 0.150. The average Bonchev–Trinajstić information content (AvgIpc) is 3.49. The lowest BCUT2D eigenvalue weighted by molar-refractivity contribution is -0.119. The smallest absolute Gasteiger partial charge is 0.231 e. The molecule has 9 heteroatoms. The number of nitrogens with one attached hydrogen (secondary N) is 2. The maximum Gasteiger partial charge on any atom is 0.231 e. The maximum atomic E-state index is 13.3. The zero-order valence-electron chi connectivity index (χ0n) is 15.2. The Morgan fingerprint density at radius 3 is 2.66 bits per heavy atom. The van der Waals surface area contributed by atoms with Gasteiger partial charge in [0.15, 0.2) is 0 Å². The van der Waals surface area contributed by atoms with Crippen LogP contribution in [-0.2, 0) is 11.2 Å². The van der Waals surface area contributed by atoms with E-state index in [4.69, 9.17) is 0 Å². The number of halogens is 1. The Hall–Kier alpha value is -2.49. The van der Waals surface area contributed by atoms with Gasteiger partial charge in [0.25, 0.3) is 0 Å². The molecular weight excluding hydrogens is 427 g/mol. The van der Waals surface area contributed by atoms with Crippen LogP contribution in [0, 0.1) is 5.82 Å². The molecule has 0 bridgehead atoms. The van der Waals surface area contributed by atoms with Crippen molar-refractivity contribution >= 4 is 40.3 Å². The number of aromatic nitrogens is 3. The van der Waals surface area contributed by atoms with Gasteiger partial charge < -0.3 is 5.32 Å². The zero-order chi connectivity index (χ0) is 20.1. The number of carbonyl (C=O) groups excluding carboxylic acids is 1. The summed E-state index contributed by atoms with van der Waals surface area (Å²) in [5, 5.41) is 14.7. The number of H-pyrrole nitrogens is 1. The summed E-state index contributed by atoms with van der Waals surface area (Å²) < 4.78 is 13.3. The van der Waals surface area contributed by atoms with Crippen molar-refractivity contribution in [1.82, 2.24) is 20.5 Å². The molecule has 1 aromatic carbocycles. The van der Waals surface area contributed by atoms with Crippen LogP contribution < -0.4 is 5.32 Å². The van der Waals surface area contributed by atoms with E-state index in [1.165, 1.54) is 28.8 Å². The molecule has 148 valence electrons. The van der Waals surface area contributed by atoms with Crippen LogP contribution in [0.15, 0.2) is 64.4 Å². The minimum absolute atomic E-state index is 0.137. The Kier molecular flexibility index (Phi) is 6.38.